The van der Waals surface area contributed by atoms with Crippen LogP contribution in [0.25, 0.3) is 0 Å². The highest BCUT2D eigenvalue weighted by molar-refractivity contribution is 5.84. The summed E-state index contributed by atoms with van der Waals surface area (Å²) < 4.78 is 39.4. The standard InChI is InChI=1S/C14H24F3N3/c15-14(16,17)12-9-5-4-8-11(12)13(20-18)19-10-6-2-1-3-7-10/h10-12H,1-9,18H2,(H,19,20). The molecule has 0 heterocycles. The van der Waals surface area contributed by atoms with E-state index < -0.39 is 18.0 Å². The molecule has 3 N–H and O–H groups in total. The molecule has 2 fully saturated rings. The van der Waals surface area contributed by atoms with Crippen molar-refractivity contribution in [3.05, 3.63) is 0 Å². The van der Waals surface area contributed by atoms with E-state index in [-0.39, 0.29) is 12.5 Å². The first-order valence-electron chi connectivity index (χ1n) is 7.63. The fraction of sp³-hybridized carbons (Fsp3) is 0.929. The first kappa shape index (κ1) is 15.6. The normalized spacial score (nSPS) is 30.3. The van der Waals surface area contributed by atoms with Crippen LogP contribution in [0, 0.1) is 11.8 Å². The zero-order valence-electron chi connectivity index (χ0n) is 11.8. The van der Waals surface area contributed by atoms with Crippen molar-refractivity contribution in [1.82, 2.24) is 5.43 Å². The summed E-state index contributed by atoms with van der Waals surface area (Å²) in [6.07, 6.45) is 3.38. The Bertz CT molecular complexity index is 335. The van der Waals surface area contributed by atoms with Crippen LogP contribution in [0.2, 0.25) is 0 Å². The van der Waals surface area contributed by atoms with Crippen LogP contribution in [0.3, 0.4) is 0 Å². The van der Waals surface area contributed by atoms with E-state index in [1.807, 2.05) is 0 Å². The Balaban J connectivity index is 2.12. The first-order chi connectivity index (χ1) is 9.52. The molecule has 20 heavy (non-hydrogen) atoms. The van der Waals surface area contributed by atoms with E-state index >= 15 is 0 Å². The van der Waals surface area contributed by atoms with Gasteiger partial charge in [-0.2, -0.15) is 13.2 Å². The monoisotopic (exact) mass is 291 g/mol. The Hall–Kier alpha value is -0.780. The predicted octanol–water partition coefficient (Wildman–Crippen LogP) is 3.55. The van der Waals surface area contributed by atoms with Crippen LogP contribution in [-0.4, -0.2) is 18.1 Å². The van der Waals surface area contributed by atoms with E-state index in [4.69, 9.17) is 5.84 Å². The average molecular weight is 291 g/mol. The van der Waals surface area contributed by atoms with E-state index in [2.05, 4.69) is 10.4 Å². The number of nitrogens with two attached hydrogens (primary N) is 1. The van der Waals surface area contributed by atoms with Crippen LogP contribution in [0.4, 0.5) is 13.2 Å². The smallest absolute Gasteiger partial charge is 0.312 e. The Kier molecular flexibility index (Phi) is 5.29. The van der Waals surface area contributed by atoms with Crippen LogP contribution in [0.5, 0.6) is 0 Å². The van der Waals surface area contributed by atoms with Crippen molar-refractivity contribution in [3.8, 4) is 0 Å². The molecule has 2 saturated carbocycles. The van der Waals surface area contributed by atoms with Crippen LogP contribution in [0.15, 0.2) is 4.99 Å². The van der Waals surface area contributed by atoms with Crippen molar-refractivity contribution in [1.29, 1.82) is 0 Å². The number of rotatable bonds is 2. The Morgan fingerprint density at radius 2 is 1.55 bits per heavy atom. The number of halogens is 3. The van der Waals surface area contributed by atoms with Crippen molar-refractivity contribution in [3.63, 3.8) is 0 Å². The minimum Gasteiger partial charge on any atom is -0.312 e. The Morgan fingerprint density at radius 3 is 2.15 bits per heavy atom. The molecule has 6 heteroatoms. The molecule has 2 atom stereocenters. The summed E-state index contributed by atoms with van der Waals surface area (Å²) in [5.74, 6) is 3.97. The third-order valence-electron chi connectivity index (χ3n) is 4.58. The highest BCUT2D eigenvalue weighted by Gasteiger charge is 2.47. The van der Waals surface area contributed by atoms with E-state index in [1.54, 1.807) is 0 Å². The number of alkyl halides is 3. The quantitative estimate of drug-likeness (QED) is 0.354. The minimum atomic E-state index is -4.16. The predicted molar refractivity (Wildman–Crippen MR) is 73.1 cm³/mol. The van der Waals surface area contributed by atoms with Gasteiger partial charge in [0.2, 0.25) is 0 Å². The lowest BCUT2D eigenvalue weighted by atomic mass is 9.78. The SMILES string of the molecule is NNC(=NC1CCCCC1)C1CCCCC1C(F)(F)F. The van der Waals surface area contributed by atoms with Gasteiger partial charge >= 0.3 is 6.18 Å². The molecule has 2 unspecified atom stereocenters. The van der Waals surface area contributed by atoms with Gasteiger partial charge in [-0.05, 0) is 25.7 Å². The Morgan fingerprint density at radius 1 is 0.950 bits per heavy atom. The van der Waals surface area contributed by atoms with Gasteiger partial charge < -0.3 is 5.43 Å². The number of aliphatic imine (C=N–C) groups is 1. The number of hydrogen-bond acceptors (Lipinski definition) is 2. The molecule has 0 aromatic carbocycles. The second kappa shape index (κ2) is 6.78. The summed E-state index contributed by atoms with van der Waals surface area (Å²) in [6.45, 7) is 0. The van der Waals surface area contributed by atoms with Gasteiger partial charge in [0.15, 0.2) is 0 Å². The number of hydrogen-bond donors (Lipinski definition) is 2. The third-order valence-corrected chi connectivity index (χ3v) is 4.58. The summed E-state index contributed by atoms with van der Waals surface area (Å²) in [7, 11) is 0. The maximum atomic E-state index is 13.1. The van der Waals surface area contributed by atoms with Gasteiger partial charge in [0, 0.05) is 5.92 Å². The van der Waals surface area contributed by atoms with Gasteiger partial charge in [-0.1, -0.05) is 32.1 Å². The van der Waals surface area contributed by atoms with Crippen molar-refractivity contribution < 1.29 is 13.2 Å². The van der Waals surface area contributed by atoms with Gasteiger partial charge in [0.1, 0.15) is 5.84 Å². The van der Waals surface area contributed by atoms with Gasteiger partial charge in [-0.25, -0.2) is 5.84 Å². The fourth-order valence-corrected chi connectivity index (χ4v) is 3.50. The van der Waals surface area contributed by atoms with Gasteiger partial charge in [-0.15, -0.1) is 0 Å². The molecule has 0 saturated heterocycles. The molecule has 0 spiro atoms. The van der Waals surface area contributed by atoms with E-state index in [0.717, 1.165) is 32.1 Å². The lowest BCUT2D eigenvalue weighted by Crippen LogP contribution is -2.45. The summed E-state index contributed by atoms with van der Waals surface area (Å²) in [6, 6.07) is 0.144. The Labute approximate surface area is 118 Å². The zero-order chi connectivity index (χ0) is 14.6. The molecule has 0 aromatic heterocycles. The van der Waals surface area contributed by atoms with Crippen molar-refractivity contribution in [2.75, 3.05) is 0 Å². The topological polar surface area (TPSA) is 50.4 Å². The molecule has 0 radical (unpaired) electrons. The molecule has 0 aliphatic heterocycles. The first-order valence-corrected chi connectivity index (χ1v) is 7.63. The molecule has 0 bridgehead atoms. The molecule has 2 rings (SSSR count). The van der Waals surface area contributed by atoms with Gasteiger partial charge in [0.25, 0.3) is 0 Å². The molecular formula is C14H24F3N3. The number of nitrogens with zero attached hydrogens (tertiary/aromatic N) is 1. The highest BCUT2D eigenvalue weighted by atomic mass is 19.4. The summed E-state index contributed by atoms with van der Waals surface area (Å²) in [5, 5.41) is 0. The summed E-state index contributed by atoms with van der Waals surface area (Å²) >= 11 is 0. The molecule has 3 nitrogen and oxygen atoms in total. The number of amidine groups is 1. The molecule has 0 amide bonds. The summed E-state index contributed by atoms with van der Waals surface area (Å²) in [4.78, 5) is 4.52. The number of nitrogens with one attached hydrogen (secondary N) is 1. The largest absolute Gasteiger partial charge is 0.392 e. The third kappa shape index (κ3) is 3.87. The maximum Gasteiger partial charge on any atom is 0.392 e. The molecule has 2 aliphatic rings. The van der Waals surface area contributed by atoms with Crippen molar-refractivity contribution in [2.24, 2.45) is 22.7 Å². The maximum absolute atomic E-state index is 13.1. The van der Waals surface area contributed by atoms with Crippen LogP contribution in [-0.2, 0) is 0 Å². The number of hydrazine groups is 1. The van der Waals surface area contributed by atoms with E-state index in [0.29, 0.717) is 18.7 Å². The van der Waals surface area contributed by atoms with Gasteiger partial charge in [0.05, 0.1) is 12.0 Å². The van der Waals surface area contributed by atoms with Crippen LogP contribution >= 0.6 is 0 Å². The molecule has 2 aliphatic carbocycles. The lowest BCUT2D eigenvalue weighted by Gasteiger charge is -2.34. The van der Waals surface area contributed by atoms with E-state index in [1.165, 1.54) is 6.42 Å². The minimum absolute atomic E-state index is 0.144. The second-order valence-electron chi connectivity index (χ2n) is 5.99. The van der Waals surface area contributed by atoms with Crippen LogP contribution < -0.4 is 11.3 Å². The fourth-order valence-electron chi connectivity index (χ4n) is 3.50. The zero-order valence-corrected chi connectivity index (χ0v) is 11.8. The van der Waals surface area contributed by atoms with Crippen molar-refractivity contribution in [2.45, 2.75) is 70.0 Å². The molecule has 0 aromatic rings. The van der Waals surface area contributed by atoms with Crippen molar-refractivity contribution >= 4 is 5.84 Å². The average Bonchev–Trinajstić information content (AvgIpc) is 2.45. The molecular weight excluding hydrogens is 267 g/mol. The second-order valence-corrected chi connectivity index (χ2v) is 5.99. The van der Waals surface area contributed by atoms with E-state index in [9.17, 15) is 13.2 Å². The molecule has 116 valence electrons. The van der Waals surface area contributed by atoms with Gasteiger partial charge in [-0.3, -0.25) is 4.99 Å². The lowest BCUT2D eigenvalue weighted by molar-refractivity contribution is -0.189. The van der Waals surface area contributed by atoms with Crippen LogP contribution in [0.1, 0.15) is 57.8 Å². The highest BCUT2D eigenvalue weighted by Crippen LogP contribution is 2.42. The summed E-state index contributed by atoms with van der Waals surface area (Å²) in [5.41, 5.74) is 2.47.